The molecule has 5 aromatic rings. The summed E-state index contributed by atoms with van der Waals surface area (Å²) in [6.07, 6.45) is 1.83. The van der Waals surface area contributed by atoms with Crippen molar-refractivity contribution >= 4 is 33.8 Å². The zero-order valence-electron chi connectivity index (χ0n) is 22.4. The average molecular weight is 535 g/mol. The molecular formula is C32H30N4O2S. The third-order valence-corrected chi connectivity index (χ3v) is 7.86. The molecule has 3 aromatic carbocycles. The third-order valence-electron chi connectivity index (χ3n) is 7.54. The van der Waals surface area contributed by atoms with Gasteiger partial charge in [-0.3, -0.25) is 4.98 Å². The van der Waals surface area contributed by atoms with Crippen LogP contribution in [0, 0.1) is 13.8 Å². The number of rotatable bonds is 6. The maximum Gasteiger partial charge on any atom is 0.174 e. The van der Waals surface area contributed by atoms with Crippen LogP contribution in [0.2, 0.25) is 0 Å². The van der Waals surface area contributed by atoms with Gasteiger partial charge >= 0.3 is 0 Å². The van der Waals surface area contributed by atoms with Crippen molar-refractivity contribution in [2.24, 2.45) is 0 Å². The number of hydrogen-bond acceptors (Lipinski definition) is 4. The van der Waals surface area contributed by atoms with Gasteiger partial charge in [-0.15, -0.1) is 0 Å². The molecule has 1 N–H and O–H groups in total. The summed E-state index contributed by atoms with van der Waals surface area (Å²) in [5, 5.41) is 6.61. The van der Waals surface area contributed by atoms with E-state index in [0.717, 1.165) is 34.2 Å². The molecule has 7 heteroatoms. The predicted octanol–water partition coefficient (Wildman–Crippen LogP) is 6.84. The number of nitrogens with zero attached hydrogens (tertiary/aromatic N) is 3. The lowest BCUT2D eigenvalue weighted by molar-refractivity contribution is 0.394. The topological polar surface area (TPSA) is 51.5 Å². The molecule has 3 heterocycles. The fourth-order valence-corrected chi connectivity index (χ4v) is 6.11. The van der Waals surface area contributed by atoms with Crippen LogP contribution in [-0.2, 0) is 0 Å². The van der Waals surface area contributed by atoms with E-state index in [1.165, 1.54) is 16.3 Å². The van der Waals surface area contributed by atoms with Crippen LogP contribution < -0.4 is 19.7 Å². The molecule has 0 spiro atoms. The number of nitrogens with one attached hydrogen (secondary N) is 1. The smallest absolute Gasteiger partial charge is 0.174 e. The van der Waals surface area contributed by atoms with Crippen molar-refractivity contribution in [2.45, 2.75) is 25.9 Å². The van der Waals surface area contributed by atoms with Gasteiger partial charge in [-0.05, 0) is 73.4 Å². The van der Waals surface area contributed by atoms with E-state index in [2.05, 4.69) is 77.2 Å². The van der Waals surface area contributed by atoms with E-state index in [1.54, 1.807) is 14.2 Å². The maximum atomic E-state index is 5.98. The van der Waals surface area contributed by atoms with Crippen molar-refractivity contribution in [3.63, 3.8) is 0 Å². The first-order valence-electron chi connectivity index (χ1n) is 12.9. The molecule has 0 radical (unpaired) electrons. The zero-order chi connectivity index (χ0) is 27.1. The average Bonchev–Trinajstić information content (AvgIpc) is 3.47. The van der Waals surface area contributed by atoms with Crippen LogP contribution in [0.5, 0.6) is 11.5 Å². The molecule has 6 nitrogen and oxygen atoms in total. The molecule has 39 heavy (non-hydrogen) atoms. The van der Waals surface area contributed by atoms with Crippen molar-refractivity contribution in [3.8, 4) is 17.2 Å². The second kappa shape index (κ2) is 10.1. The molecular weight excluding hydrogens is 504 g/mol. The number of fused-ring (bicyclic) bond motifs is 1. The summed E-state index contributed by atoms with van der Waals surface area (Å²) >= 11 is 5.98. The molecule has 6 rings (SSSR count). The lowest BCUT2D eigenvalue weighted by atomic mass is 9.96. The summed E-state index contributed by atoms with van der Waals surface area (Å²) in [7, 11) is 3.32. The lowest BCUT2D eigenvalue weighted by Crippen LogP contribution is -2.30. The summed E-state index contributed by atoms with van der Waals surface area (Å²) in [4.78, 5) is 6.88. The van der Waals surface area contributed by atoms with Crippen LogP contribution in [0.4, 0.5) is 5.69 Å². The molecule has 2 aromatic heterocycles. The minimum Gasteiger partial charge on any atom is -0.497 e. The maximum absolute atomic E-state index is 5.98. The van der Waals surface area contributed by atoms with Gasteiger partial charge in [0.2, 0.25) is 0 Å². The highest BCUT2D eigenvalue weighted by atomic mass is 32.1. The fourth-order valence-electron chi connectivity index (χ4n) is 5.78. The lowest BCUT2D eigenvalue weighted by Gasteiger charge is -2.29. The van der Waals surface area contributed by atoms with Crippen molar-refractivity contribution in [3.05, 3.63) is 114 Å². The largest absolute Gasteiger partial charge is 0.497 e. The van der Waals surface area contributed by atoms with E-state index in [9.17, 15) is 0 Å². The van der Waals surface area contributed by atoms with Gasteiger partial charge in [0.05, 0.1) is 43.4 Å². The fraction of sp³-hybridized carbons (Fsp3) is 0.188. The number of anilines is 1. The molecule has 0 aliphatic carbocycles. The molecule has 0 bridgehead atoms. The summed E-state index contributed by atoms with van der Waals surface area (Å²) in [5.74, 6) is 1.41. The molecule has 2 atom stereocenters. The Bertz CT molecular complexity index is 1680. The first-order chi connectivity index (χ1) is 19.0. The molecule has 0 saturated carbocycles. The van der Waals surface area contributed by atoms with Crippen LogP contribution in [0.1, 0.15) is 34.7 Å². The highest BCUT2D eigenvalue weighted by Crippen LogP contribution is 2.47. The number of thiocarbonyl (C=S) groups is 1. The van der Waals surface area contributed by atoms with Crippen LogP contribution in [0.3, 0.4) is 0 Å². The summed E-state index contributed by atoms with van der Waals surface area (Å²) in [5.41, 5.74) is 6.42. The number of hydrogen-bond donors (Lipinski definition) is 1. The van der Waals surface area contributed by atoms with Gasteiger partial charge in [0, 0.05) is 29.0 Å². The number of aromatic nitrogens is 2. The molecule has 0 amide bonds. The SMILES string of the molecule is COc1ccc(N2C(=S)N[C@@H](c3ccccn3)[C@H]2c2cc(C)n(-c3cccc4ccccc34)c2C)c(OC)c1. The quantitative estimate of drug-likeness (QED) is 0.241. The van der Waals surface area contributed by atoms with Gasteiger partial charge in [-0.2, -0.15) is 0 Å². The van der Waals surface area contributed by atoms with Crippen LogP contribution in [-0.4, -0.2) is 28.9 Å². The summed E-state index contributed by atoms with van der Waals surface area (Å²) < 4.78 is 13.6. The van der Waals surface area contributed by atoms with Gasteiger partial charge in [-0.25, -0.2) is 0 Å². The first kappa shape index (κ1) is 24.9. The normalized spacial score (nSPS) is 16.9. The molecule has 0 unspecified atom stereocenters. The number of pyridine rings is 1. The Balaban J connectivity index is 1.56. The third kappa shape index (κ3) is 4.19. The monoisotopic (exact) mass is 534 g/mol. The van der Waals surface area contributed by atoms with Gasteiger partial charge < -0.3 is 24.3 Å². The molecule has 1 saturated heterocycles. The number of benzene rings is 3. The predicted molar refractivity (Wildman–Crippen MR) is 160 cm³/mol. The Morgan fingerprint density at radius 2 is 1.64 bits per heavy atom. The van der Waals surface area contributed by atoms with E-state index in [-0.39, 0.29) is 12.1 Å². The summed E-state index contributed by atoms with van der Waals surface area (Å²) in [6, 6.07) is 28.7. The zero-order valence-corrected chi connectivity index (χ0v) is 23.2. The van der Waals surface area contributed by atoms with Gasteiger partial charge in [0.15, 0.2) is 5.11 Å². The van der Waals surface area contributed by atoms with Crippen LogP contribution in [0.15, 0.2) is 91.1 Å². The number of methoxy groups -OCH3 is 2. The van der Waals surface area contributed by atoms with E-state index >= 15 is 0 Å². The van der Waals surface area contributed by atoms with Crippen LogP contribution in [0.25, 0.3) is 16.5 Å². The van der Waals surface area contributed by atoms with Gasteiger partial charge in [-0.1, -0.05) is 42.5 Å². The minimum absolute atomic E-state index is 0.160. The van der Waals surface area contributed by atoms with Gasteiger partial charge in [0.1, 0.15) is 11.5 Å². The highest BCUT2D eigenvalue weighted by molar-refractivity contribution is 7.80. The van der Waals surface area contributed by atoms with Crippen LogP contribution >= 0.6 is 12.2 Å². The molecule has 1 fully saturated rings. The Hall–Kier alpha value is -4.36. The molecule has 1 aliphatic heterocycles. The second-order valence-electron chi connectivity index (χ2n) is 9.69. The van der Waals surface area contributed by atoms with E-state index in [1.807, 2.05) is 42.6 Å². The highest BCUT2D eigenvalue weighted by Gasteiger charge is 2.43. The Morgan fingerprint density at radius 3 is 2.41 bits per heavy atom. The molecule has 196 valence electrons. The van der Waals surface area contributed by atoms with Crippen molar-refractivity contribution in [2.75, 3.05) is 19.1 Å². The van der Waals surface area contributed by atoms with Gasteiger partial charge in [0.25, 0.3) is 0 Å². The van der Waals surface area contributed by atoms with Crippen molar-refractivity contribution in [1.29, 1.82) is 0 Å². The van der Waals surface area contributed by atoms with E-state index in [0.29, 0.717) is 10.9 Å². The standard InChI is InChI=1S/C32H30N4O2S/c1-20-18-25(21(2)35(20)27-14-9-11-22-10-5-6-12-24(22)27)31-30(26-13-7-8-17-33-26)34-32(39)36(31)28-16-15-23(37-3)19-29(28)38-4/h5-19,30-31H,1-4H3,(H,34,39)/t30-,31+/m0/s1. The van der Waals surface area contributed by atoms with E-state index in [4.69, 9.17) is 26.7 Å². The Kier molecular flexibility index (Phi) is 6.45. The van der Waals surface area contributed by atoms with Crippen molar-refractivity contribution < 1.29 is 9.47 Å². The number of aryl methyl sites for hydroxylation is 1. The van der Waals surface area contributed by atoms with E-state index < -0.39 is 0 Å². The Morgan fingerprint density at radius 1 is 0.846 bits per heavy atom. The second-order valence-corrected chi connectivity index (χ2v) is 10.1. The minimum atomic E-state index is -0.162. The Labute approximate surface area is 233 Å². The number of ether oxygens (including phenoxy) is 2. The van der Waals surface area contributed by atoms with Crippen molar-refractivity contribution in [1.82, 2.24) is 14.9 Å². The molecule has 1 aliphatic rings. The first-order valence-corrected chi connectivity index (χ1v) is 13.3. The summed E-state index contributed by atoms with van der Waals surface area (Å²) in [6.45, 7) is 4.34.